The lowest BCUT2D eigenvalue weighted by Gasteiger charge is -2.29. The third-order valence-corrected chi connectivity index (χ3v) is 6.55. The minimum Gasteiger partial charge on any atom is -0.316 e. The van der Waals surface area contributed by atoms with Gasteiger partial charge in [0.15, 0.2) is 11.6 Å². The monoisotopic (exact) mass is 472 g/mol. The molecule has 0 radical (unpaired) electrons. The van der Waals surface area contributed by atoms with Crippen molar-refractivity contribution in [3.05, 3.63) is 70.3 Å². The molecule has 0 amide bonds. The van der Waals surface area contributed by atoms with Gasteiger partial charge in [0.05, 0.1) is 6.61 Å². The van der Waals surface area contributed by atoms with Crippen LogP contribution in [0, 0.1) is 29.2 Å². The zero-order valence-corrected chi connectivity index (χ0v) is 18.8. The van der Waals surface area contributed by atoms with Crippen molar-refractivity contribution >= 4 is 0 Å². The van der Waals surface area contributed by atoms with Crippen LogP contribution in [0.25, 0.3) is 0 Å². The van der Waals surface area contributed by atoms with E-state index < -0.39 is 41.5 Å². The molecule has 3 rings (SSSR count). The van der Waals surface area contributed by atoms with Gasteiger partial charge in [-0.05, 0) is 79.3 Å². The quantitative estimate of drug-likeness (QED) is 0.249. The van der Waals surface area contributed by atoms with Gasteiger partial charge >= 0.3 is 6.11 Å². The smallest absolute Gasteiger partial charge is 0.316 e. The lowest BCUT2D eigenvalue weighted by atomic mass is 9.77. The second-order valence-electron chi connectivity index (χ2n) is 8.94. The fraction of sp³-hybridized carbons (Fsp3) is 0.538. The molecule has 33 heavy (non-hydrogen) atoms. The average Bonchev–Trinajstić information content (AvgIpc) is 2.76. The molecule has 1 aliphatic carbocycles. The molecule has 182 valence electrons. The Morgan fingerprint density at radius 3 is 2.12 bits per heavy atom. The van der Waals surface area contributed by atoms with Crippen molar-refractivity contribution < 1.29 is 31.1 Å². The van der Waals surface area contributed by atoms with Crippen LogP contribution in [-0.4, -0.2) is 6.61 Å². The molecule has 0 atom stereocenters. The maximum absolute atomic E-state index is 14.6. The summed E-state index contributed by atoms with van der Waals surface area (Å²) in [5.74, 6) is -4.27. The van der Waals surface area contributed by atoms with E-state index in [0.717, 1.165) is 56.4 Å². The largest absolute Gasteiger partial charge is 0.389 e. The molecule has 0 bridgehead atoms. The molecule has 1 fully saturated rings. The van der Waals surface area contributed by atoms with Gasteiger partial charge in [-0.2, -0.15) is 8.78 Å². The predicted octanol–water partition coefficient (Wildman–Crippen LogP) is 8.41. The summed E-state index contributed by atoms with van der Waals surface area (Å²) in [6, 6.07) is 4.96. The minimum atomic E-state index is -4.19. The number of halogens is 6. The van der Waals surface area contributed by atoms with E-state index in [9.17, 15) is 26.3 Å². The van der Waals surface area contributed by atoms with E-state index in [1.54, 1.807) is 0 Å². The molecule has 0 spiro atoms. The molecule has 1 nitrogen and oxygen atoms in total. The van der Waals surface area contributed by atoms with Gasteiger partial charge in [-0.1, -0.05) is 38.7 Å². The lowest BCUT2D eigenvalue weighted by Crippen LogP contribution is -2.24. The first kappa shape index (κ1) is 25.6. The van der Waals surface area contributed by atoms with E-state index in [4.69, 9.17) is 0 Å². The predicted molar refractivity (Wildman–Crippen MR) is 115 cm³/mol. The van der Waals surface area contributed by atoms with Crippen LogP contribution in [0.1, 0.15) is 80.9 Å². The summed E-state index contributed by atoms with van der Waals surface area (Å²) in [6.45, 7) is 1.53. The molecule has 0 aromatic heterocycles. The Bertz CT molecular complexity index is 898. The lowest BCUT2D eigenvalue weighted by molar-refractivity contribution is -0.251. The van der Waals surface area contributed by atoms with Crippen LogP contribution in [0.2, 0.25) is 0 Å². The average molecular weight is 473 g/mol. The van der Waals surface area contributed by atoms with Gasteiger partial charge in [0.1, 0.15) is 17.2 Å². The van der Waals surface area contributed by atoms with Gasteiger partial charge in [-0.25, -0.2) is 17.6 Å². The molecule has 0 unspecified atom stereocenters. The van der Waals surface area contributed by atoms with Crippen LogP contribution >= 0.6 is 0 Å². The first-order valence-corrected chi connectivity index (χ1v) is 11.7. The van der Waals surface area contributed by atoms with Crippen molar-refractivity contribution in [2.45, 2.75) is 76.7 Å². The summed E-state index contributed by atoms with van der Waals surface area (Å²) in [6.07, 6.45) is 3.88. The summed E-state index contributed by atoms with van der Waals surface area (Å²) < 4.78 is 88.8. The van der Waals surface area contributed by atoms with Crippen molar-refractivity contribution in [2.24, 2.45) is 5.92 Å². The summed E-state index contributed by atoms with van der Waals surface area (Å²) in [7, 11) is 0. The molecule has 2 aromatic rings. The van der Waals surface area contributed by atoms with Gasteiger partial charge in [-0.3, -0.25) is 0 Å². The number of alkyl halides is 2. The molecule has 0 N–H and O–H groups in total. The third kappa shape index (κ3) is 6.75. The Hall–Kier alpha value is -2.02. The number of rotatable bonds is 10. The second kappa shape index (κ2) is 11.4. The normalized spacial score (nSPS) is 19.1. The highest BCUT2D eigenvalue weighted by Crippen LogP contribution is 2.40. The van der Waals surface area contributed by atoms with Gasteiger partial charge in [0, 0.05) is 0 Å². The van der Waals surface area contributed by atoms with Crippen LogP contribution in [-0.2, 0) is 17.3 Å². The van der Waals surface area contributed by atoms with Crippen molar-refractivity contribution in [1.29, 1.82) is 0 Å². The Kier molecular flexibility index (Phi) is 8.85. The highest BCUT2D eigenvalue weighted by molar-refractivity contribution is 5.31. The van der Waals surface area contributed by atoms with Crippen molar-refractivity contribution in [3.63, 3.8) is 0 Å². The number of unbranched alkanes of at least 4 members (excludes halogenated alkanes) is 2. The fourth-order valence-corrected chi connectivity index (χ4v) is 4.64. The first-order valence-electron chi connectivity index (χ1n) is 11.7. The highest BCUT2D eigenvalue weighted by Gasteiger charge is 2.40. The van der Waals surface area contributed by atoms with E-state index in [0.29, 0.717) is 11.5 Å². The molecule has 7 heteroatoms. The summed E-state index contributed by atoms with van der Waals surface area (Å²) in [5.41, 5.74) is -0.797. The zero-order chi connectivity index (χ0) is 24.0. The maximum atomic E-state index is 14.6. The standard InChI is InChI=1S/C26H30F6O/c1-2-3-4-5-17-6-9-19(10-7-17)20-15-23(29)25(24(30)16-20)26(31,32)33-13-12-18-8-11-21(27)22(28)14-18/h8,11,14-17,19H,2-7,9-10,12-13H2,1H3. The van der Waals surface area contributed by atoms with E-state index in [-0.39, 0.29) is 17.9 Å². The summed E-state index contributed by atoms with van der Waals surface area (Å²) in [5, 5.41) is 0. The maximum Gasteiger partial charge on any atom is 0.389 e. The topological polar surface area (TPSA) is 9.23 Å². The summed E-state index contributed by atoms with van der Waals surface area (Å²) in [4.78, 5) is 0. The Morgan fingerprint density at radius 2 is 1.52 bits per heavy atom. The SMILES string of the molecule is CCCCCC1CCC(c2cc(F)c(C(F)(F)OCCc3ccc(F)c(F)c3)c(F)c2)CC1. The molecular weight excluding hydrogens is 442 g/mol. The molecule has 1 aliphatic rings. The van der Waals surface area contributed by atoms with E-state index in [1.807, 2.05) is 0 Å². The van der Waals surface area contributed by atoms with Crippen LogP contribution in [0.3, 0.4) is 0 Å². The molecule has 1 saturated carbocycles. The van der Waals surface area contributed by atoms with Crippen LogP contribution in [0.5, 0.6) is 0 Å². The number of benzene rings is 2. The van der Waals surface area contributed by atoms with Gasteiger partial charge in [-0.15, -0.1) is 0 Å². The van der Waals surface area contributed by atoms with Crippen LogP contribution in [0.15, 0.2) is 30.3 Å². The van der Waals surface area contributed by atoms with Crippen LogP contribution in [0.4, 0.5) is 26.3 Å². The molecule has 0 heterocycles. The van der Waals surface area contributed by atoms with Gasteiger partial charge in [0.25, 0.3) is 0 Å². The Labute approximate surface area is 191 Å². The minimum absolute atomic E-state index is 0.0478. The third-order valence-electron chi connectivity index (χ3n) is 6.55. The highest BCUT2D eigenvalue weighted by atomic mass is 19.3. The molecule has 0 aliphatic heterocycles. The molecule has 2 aromatic carbocycles. The van der Waals surface area contributed by atoms with E-state index in [1.165, 1.54) is 25.3 Å². The van der Waals surface area contributed by atoms with Crippen molar-refractivity contribution in [2.75, 3.05) is 6.61 Å². The first-order chi connectivity index (χ1) is 15.7. The van der Waals surface area contributed by atoms with Gasteiger partial charge < -0.3 is 4.74 Å². The van der Waals surface area contributed by atoms with Gasteiger partial charge in [0.2, 0.25) is 0 Å². The van der Waals surface area contributed by atoms with E-state index >= 15 is 0 Å². The molecular formula is C26H30F6O. The molecule has 0 saturated heterocycles. The fourth-order valence-electron chi connectivity index (χ4n) is 4.64. The number of ether oxygens (including phenoxy) is 1. The van der Waals surface area contributed by atoms with Crippen LogP contribution < -0.4 is 0 Å². The second-order valence-corrected chi connectivity index (χ2v) is 8.94. The van der Waals surface area contributed by atoms with Crippen molar-refractivity contribution in [1.82, 2.24) is 0 Å². The van der Waals surface area contributed by atoms with E-state index in [2.05, 4.69) is 11.7 Å². The number of hydrogen-bond donors (Lipinski definition) is 0. The Morgan fingerprint density at radius 1 is 0.848 bits per heavy atom. The van der Waals surface area contributed by atoms with Crippen molar-refractivity contribution in [3.8, 4) is 0 Å². The number of hydrogen-bond acceptors (Lipinski definition) is 1. The summed E-state index contributed by atoms with van der Waals surface area (Å²) >= 11 is 0. The Balaban J connectivity index is 1.61. The zero-order valence-electron chi connectivity index (χ0n) is 18.8.